The summed E-state index contributed by atoms with van der Waals surface area (Å²) in [7, 11) is 0. The third-order valence-corrected chi connectivity index (χ3v) is 2.67. The van der Waals surface area contributed by atoms with E-state index in [1.54, 1.807) is 0 Å². The Bertz CT molecular complexity index is 165. The fraction of sp³-hybridized carbons (Fsp3) is 0.714. The lowest BCUT2D eigenvalue weighted by atomic mass is 10.0. The highest BCUT2D eigenvalue weighted by atomic mass is 14.0. The Morgan fingerprint density at radius 1 is 1.21 bits per heavy atom. The molecule has 0 aliphatic heterocycles. The van der Waals surface area contributed by atoms with Crippen molar-refractivity contribution in [2.45, 2.75) is 59.3 Å². The zero-order chi connectivity index (χ0) is 10.8. The largest absolute Gasteiger partial charge is 0.0999 e. The van der Waals surface area contributed by atoms with Gasteiger partial charge in [-0.15, -0.1) is 0 Å². The van der Waals surface area contributed by atoms with Crippen LogP contribution in [-0.4, -0.2) is 0 Å². The van der Waals surface area contributed by atoms with Crippen LogP contribution in [0.3, 0.4) is 0 Å². The molecular formula is C14H26. The molecule has 0 aromatic rings. The van der Waals surface area contributed by atoms with E-state index in [4.69, 9.17) is 0 Å². The molecule has 0 heterocycles. The second-order valence-corrected chi connectivity index (χ2v) is 4.26. The molecule has 1 unspecified atom stereocenters. The van der Waals surface area contributed by atoms with Gasteiger partial charge in [0.1, 0.15) is 0 Å². The van der Waals surface area contributed by atoms with Gasteiger partial charge in [0.15, 0.2) is 0 Å². The average molecular weight is 194 g/mol. The highest BCUT2D eigenvalue weighted by molar-refractivity contribution is 4.96. The molecule has 0 spiro atoms. The topological polar surface area (TPSA) is 0 Å². The van der Waals surface area contributed by atoms with Gasteiger partial charge in [0.25, 0.3) is 0 Å². The molecule has 82 valence electrons. The number of hydrogen-bond acceptors (Lipinski definition) is 0. The van der Waals surface area contributed by atoms with Crippen molar-refractivity contribution >= 4 is 0 Å². The lowest BCUT2D eigenvalue weighted by Crippen LogP contribution is -1.87. The summed E-state index contributed by atoms with van der Waals surface area (Å²) >= 11 is 0. The van der Waals surface area contributed by atoms with E-state index in [1.165, 1.54) is 44.1 Å². The summed E-state index contributed by atoms with van der Waals surface area (Å²) in [5.41, 5.74) is 1.40. The molecule has 0 saturated heterocycles. The summed E-state index contributed by atoms with van der Waals surface area (Å²) in [6.45, 7) is 10.8. The van der Waals surface area contributed by atoms with Crippen LogP contribution in [0.1, 0.15) is 59.3 Å². The Morgan fingerprint density at radius 3 is 2.50 bits per heavy atom. The first-order valence-corrected chi connectivity index (χ1v) is 6.02. The summed E-state index contributed by atoms with van der Waals surface area (Å²) in [6, 6.07) is 0. The molecule has 0 nitrogen and oxygen atoms in total. The van der Waals surface area contributed by atoms with Gasteiger partial charge >= 0.3 is 0 Å². The van der Waals surface area contributed by atoms with E-state index in [0.29, 0.717) is 0 Å². The molecule has 0 aliphatic rings. The lowest BCUT2D eigenvalue weighted by Gasteiger charge is -2.03. The Kier molecular flexibility index (Phi) is 8.72. The molecule has 1 atom stereocenters. The van der Waals surface area contributed by atoms with Gasteiger partial charge in [-0.3, -0.25) is 0 Å². The SMILES string of the molecule is C=C(CCC)CCC=CCC(C)CC. The molecule has 0 rings (SSSR count). The van der Waals surface area contributed by atoms with Crippen LogP contribution < -0.4 is 0 Å². The van der Waals surface area contributed by atoms with Gasteiger partial charge in [-0.1, -0.05) is 57.9 Å². The van der Waals surface area contributed by atoms with Crippen LogP contribution in [-0.2, 0) is 0 Å². The molecular weight excluding hydrogens is 168 g/mol. The summed E-state index contributed by atoms with van der Waals surface area (Å²) < 4.78 is 0. The van der Waals surface area contributed by atoms with E-state index >= 15 is 0 Å². The Labute approximate surface area is 90.1 Å². The third kappa shape index (κ3) is 8.10. The van der Waals surface area contributed by atoms with E-state index in [0.717, 1.165) is 5.92 Å². The third-order valence-electron chi connectivity index (χ3n) is 2.67. The van der Waals surface area contributed by atoms with Gasteiger partial charge in [0, 0.05) is 0 Å². The predicted molar refractivity (Wildman–Crippen MR) is 66.5 cm³/mol. The van der Waals surface area contributed by atoms with Gasteiger partial charge in [0.05, 0.1) is 0 Å². The van der Waals surface area contributed by atoms with Gasteiger partial charge in [0.2, 0.25) is 0 Å². The van der Waals surface area contributed by atoms with Gasteiger partial charge < -0.3 is 0 Å². The number of hydrogen-bond donors (Lipinski definition) is 0. The zero-order valence-corrected chi connectivity index (χ0v) is 10.2. The first-order chi connectivity index (χ1) is 6.70. The summed E-state index contributed by atoms with van der Waals surface area (Å²) in [6.07, 6.45) is 11.9. The van der Waals surface area contributed by atoms with E-state index in [-0.39, 0.29) is 0 Å². The van der Waals surface area contributed by atoms with Crippen LogP contribution in [0.4, 0.5) is 0 Å². The monoisotopic (exact) mass is 194 g/mol. The summed E-state index contributed by atoms with van der Waals surface area (Å²) in [5.74, 6) is 0.838. The zero-order valence-electron chi connectivity index (χ0n) is 10.2. The van der Waals surface area contributed by atoms with E-state index in [1.807, 2.05) is 0 Å². The van der Waals surface area contributed by atoms with Crippen LogP contribution in [0.25, 0.3) is 0 Å². The van der Waals surface area contributed by atoms with Crippen molar-refractivity contribution in [3.05, 3.63) is 24.3 Å². The normalized spacial score (nSPS) is 13.4. The van der Waals surface area contributed by atoms with E-state index < -0.39 is 0 Å². The van der Waals surface area contributed by atoms with Gasteiger partial charge in [-0.05, 0) is 31.6 Å². The van der Waals surface area contributed by atoms with Crippen molar-refractivity contribution in [3.8, 4) is 0 Å². The first kappa shape index (κ1) is 13.5. The molecule has 14 heavy (non-hydrogen) atoms. The molecule has 0 bridgehead atoms. The van der Waals surface area contributed by atoms with Gasteiger partial charge in [-0.2, -0.15) is 0 Å². The minimum Gasteiger partial charge on any atom is -0.0999 e. The number of rotatable bonds is 8. The van der Waals surface area contributed by atoms with Crippen molar-refractivity contribution in [3.63, 3.8) is 0 Å². The highest BCUT2D eigenvalue weighted by Crippen LogP contribution is 2.11. The van der Waals surface area contributed by atoms with E-state index in [2.05, 4.69) is 39.5 Å². The van der Waals surface area contributed by atoms with Crippen LogP contribution in [0.5, 0.6) is 0 Å². The molecule has 0 aromatic heterocycles. The molecule has 0 N–H and O–H groups in total. The minimum absolute atomic E-state index is 0.838. The quantitative estimate of drug-likeness (QED) is 0.471. The summed E-state index contributed by atoms with van der Waals surface area (Å²) in [4.78, 5) is 0. The lowest BCUT2D eigenvalue weighted by molar-refractivity contribution is 0.571. The fourth-order valence-corrected chi connectivity index (χ4v) is 1.38. The Hall–Kier alpha value is -0.520. The smallest absolute Gasteiger partial charge is 0.0288 e. The van der Waals surface area contributed by atoms with Crippen LogP contribution >= 0.6 is 0 Å². The fourth-order valence-electron chi connectivity index (χ4n) is 1.38. The highest BCUT2D eigenvalue weighted by Gasteiger charge is 1.94. The average Bonchev–Trinajstić information content (AvgIpc) is 2.17. The van der Waals surface area contributed by atoms with Crippen LogP contribution in [0.2, 0.25) is 0 Å². The van der Waals surface area contributed by atoms with Crippen LogP contribution in [0, 0.1) is 5.92 Å². The maximum Gasteiger partial charge on any atom is -0.0288 e. The maximum absolute atomic E-state index is 4.06. The summed E-state index contributed by atoms with van der Waals surface area (Å²) in [5, 5.41) is 0. The molecule has 0 fully saturated rings. The maximum atomic E-state index is 4.06. The molecule has 0 radical (unpaired) electrons. The molecule has 0 heteroatoms. The predicted octanol–water partition coefficient (Wildman–Crippen LogP) is 5.12. The second-order valence-electron chi connectivity index (χ2n) is 4.26. The Balaban J connectivity index is 3.39. The first-order valence-electron chi connectivity index (χ1n) is 6.02. The Morgan fingerprint density at radius 2 is 1.93 bits per heavy atom. The minimum atomic E-state index is 0.838. The number of allylic oxidation sites excluding steroid dienone is 3. The van der Waals surface area contributed by atoms with Crippen molar-refractivity contribution in [2.24, 2.45) is 5.92 Å². The molecule has 0 aromatic carbocycles. The van der Waals surface area contributed by atoms with Crippen molar-refractivity contribution in [1.82, 2.24) is 0 Å². The van der Waals surface area contributed by atoms with Crippen molar-refractivity contribution in [1.29, 1.82) is 0 Å². The molecule has 0 saturated carbocycles. The molecule has 0 amide bonds. The van der Waals surface area contributed by atoms with Crippen molar-refractivity contribution in [2.75, 3.05) is 0 Å². The van der Waals surface area contributed by atoms with Crippen molar-refractivity contribution < 1.29 is 0 Å². The second kappa shape index (κ2) is 9.05. The standard InChI is InChI=1S/C14H26/c1-5-10-14(4)12-9-7-8-11-13(3)6-2/h7-8,13H,4-6,9-12H2,1-3H3. The van der Waals surface area contributed by atoms with E-state index in [9.17, 15) is 0 Å². The van der Waals surface area contributed by atoms with Crippen LogP contribution in [0.15, 0.2) is 24.3 Å². The van der Waals surface area contributed by atoms with Gasteiger partial charge in [-0.25, -0.2) is 0 Å². The molecule has 0 aliphatic carbocycles.